The highest BCUT2D eigenvalue weighted by Crippen LogP contribution is 2.48. The molecule has 3 heteroatoms. The van der Waals surface area contributed by atoms with Gasteiger partial charge in [-0.25, -0.2) is 0 Å². The Morgan fingerprint density at radius 2 is 0.757 bits per heavy atom. The smallest absolute Gasteiger partial charge is 0.0193 e. The second-order valence-electron chi connectivity index (χ2n) is 9.95. The van der Waals surface area contributed by atoms with Gasteiger partial charge in [0.15, 0.2) is 0 Å². The van der Waals surface area contributed by atoms with E-state index in [1.165, 1.54) is 78.9 Å². The average molecular weight is 526 g/mol. The molecule has 4 aromatic carbocycles. The molecule has 0 unspecified atom stereocenters. The Hall–Kier alpha value is -2.30. The lowest BCUT2D eigenvalue weighted by atomic mass is 10.2. The first-order valence-corrected chi connectivity index (χ1v) is 17.4. The summed E-state index contributed by atoms with van der Waals surface area (Å²) in [6.07, 6.45) is 9.77. The number of hydrogen-bond donors (Lipinski definition) is 0. The van der Waals surface area contributed by atoms with E-state index in [1.807, 2.05) is 0 Å². The molecule has 192 valence electrons. The van der Waals surface area contributed by atoms with Crippen LogP contribution in [-0.4, -0.2) is 24.0 Å². The summed E-state index contributed by atoms with van der Waals surface area (Å²) in [6.45, 7) is 3.53. The van der Waals surface area contributed by atoms with Crippen LogP contribution in [0.1, 0.15) is 42.0 Å². The van der Waals surface area contributed by atoms with Gasteiger partial charge in [-0.2, -0.15) is 0 Å². The van der Waals surface area contributed by atoms with Gasteiger partial charge in [-0.05, 0) is 59.9 Å². The number of hydrogen-bond acceptors (Lipinski definition) is 1. The van der Waals surface area contributed by atoms with Crippen molar-refractivity contribution in [2.75, 3.05) is 19.1 Å². The minimum absolute atomic E-state index is 0.182. The molecule has 0 aromatic heterocycles. The molecular weight excluding hydrogens is 484 g/mol. The number of nitrogens with zero attached hydrogens (tertiary/aromatic N) is 1. The van der Waals surface area contributed by atoms with E-state index in [1.54, 1.807) is 0 Å². The highest BCUT2D eigenvalue weighted by Gasteiger charge is 2.19. The predicted octanol–water partition coefficient (Wildman–Crippen LogP) is 9.77. The van der Waals surface area contributed by atoms with Gasteiger partial charge in [0, 0.05) is 12.6 Å². The van der Waals surface area contributed by atoms with Crippen molar-refractivity contribution in [2.24, 2.45) is 0 Å². The van der Waals surface area contributed by atoms with Gasteiger partial charge in [0.1, 0.15) is 0 Å². The molecule has 0 amide bonds. The summed E-state index contributed by atoms with van der Waals surface area (Å²) in [5.41, 5.74) is 5.93. The van der Waals surface area contributed by atoms with Crippen molar-refractivity contribution in [1.82, 2.24) is 4.90 Å². The van der Waals surface area contributed by atoms with Crippen LogP contribution in [0.2, 0.25) is 0 Å². The molecular formula is C34H41NP2. The maximum Gasteiger partial charge on any atom is 0.0193 e. The van der Waals surface area contributed by atoms with E-state index in [4.69, 9.17) is 0 Å². The average Bonchev–Trinajstić information content (AvgIpc) is 2.94. The third-order valence-electron chi connectivity index (χ3n) is 6.62. The second-order valence-corrected chi connectivity index (χ2v) is 14.5. The quantitative estimate of drug-likeness (QED) is 0.140. The molecule has 4 aromatic rings. The van der Waals surface area contributed by atoms with E-state index < -0.39 is 0 Å². The van der Waals surface area contributed by atoms with Crippen molar-refractivity contribution >= 4 is 15.8 Å². The molecule has 37 heavy (non-hydrogen) atoms. The molecule has 0 radical (unpaired) electrons. The summed E-state index contributed by atoms with van der Waals surface area (Å²) in [5.74, 6) is 0. The third-order valence-corrected chi connectivity index (χ3v) is 11.5. The van der Waals surface area contributed by atoms with Crippen LogP contribution < -0.4 is 0 Å². The molecule has 0 saturated heterocycles. The molecule has 0 atom stereocenters. The maximum atomic E-state index is 2.85. The summed E-state index contributed by atoms with van der Waals surface area (Å²) < 4.78 is 0. The van der Waals surface area contributed by atoms with Crippen molar-refractivity contribution in [3.63, 3.8) is 0 Å². The van der Waals surface area contributed by atoms with Gasteiger partial charge in [-0.15, -0.1) is 0 Å². The summed E-state index contributed by atoms with van der Waals surface area (Å²) in [5, 5.41) is 0. The SMILES string of the molecule is CCCCN(CP(Cc1ccccc1)Cc1ccccc1)CP(Cc1ccccc1)Cc1ccccc1. The van der Waals surface area contributed by atoms with Gasteiger partial charge in [-0.3, -0.25) is 4.90 Å². The zero-order valence-corrected chi connectivity index (χ0v) is 24.0. The number of rotatable bonds is 15. The molecule has 0 N–H and O–H groups in total. The van der Waals surface area contributed by atoms with Gasteiger partial charge >= 0.3 is 0 Å². The second kappa shape index (κ2) is 15.8. The van der Waals surface area contributed by atoms with Crippen LogP contribution in [0.25, 0.3) is 0 Å². The Labute approximate surface area is 227 Å². The Morgan fingerprint density at radius 3 is 1.03 bits per heavy atom. The van der Waals surface area contributed by atoms with Gasteiger partial charge in [0.2, 0.25) is 0 Å². The Balaban J connectivity index is 1.53. The minimum atomic E-state index is -0.182. The molecule has 0 saturated carbocycles. The zero-order valence-electron chi connectivity index (χ0n) is 22.3. The van der Waals surface area contributed by atoms with Crippen molar-refractivity contribution in [3.05, 3.63) is 144 Å². The molecule has 0 fully saturated rings. The Morgan fingerprint density at radius 1 is 0.459 bits per heavy atom. The molecule has 0 bridgehead atoms. The first-order valence-electron chi connectivity index (χ1n) is 13.6. The van der Waals surface area contributed by atoms with E-state index >= 15 is 0 Å². The highest BCUT2D eigenvalue weighted by atomic mass is 31.1. The Bertz CT molecular complexity index is 948. The Kier molecular flexibility index (Phi) is 11.9. The summed E-state index contributed by atoms with van der Waals surface area (Å²) in [6, 6.07) is 44.6. The first-order chi connectivity index (χ1) is 18.3. The molecule has 0 aliphatic carbocycles. The molecule has 0 spiro atoms. The van der Waals surface area contributed by atoms with Gasteiger partial charge in [0.05, 0.1) is 0 Å². The van der Waals surface area contributed by atoms with Crippen molar-refractivity contribution in [2.45, 2.75) is 44.4 Å². The van der Waals surface area contributed by atoms with E-state index in [2.05, 4.69) is 133 Å². The summed E-state index contributed by atoms with van der Waals surface area (Å²) in [7, 11) is -0.364. The minimum Gasteiger partial charge on any atom is -0.295 e. The van der Waals surface area contributed by atoms with Crippen molar-refractivity contribution in [3.8, 4) is 0 Å². The molecule has 4 rings (SSSR count). The topological polar surface area (TPSA) is 3.24 Å². The summed E-state index contributed by atoms with van der Waals surface area (Å²) in [4.78, 5) is 2.85. The lowest BCUT2D eigenvalue weighted by molar-refractivity contribution is 0.361. The van der Waals surface area contributed by atoms with Crippen LogP contribution in [0.5, 0.6) is 0 Å². The van der Waals surface area contributed by atoms with Crippen molar-refractivity contribution in [1.29, 1.82) is 0 Å². The van der Waals surface area contributed by atoms with E-state index in [9.17, 15) is 0 Å². The fraction of sp³-hybridized carbons (Fsp3) is 0.294. The number of benzene rings is 4. The zero-order chi connectivity index (χ0) is 25.5. The van der Waals surface area contributed by atoms with Crippen LogP contribution >= 0.6 is 15.8 Å². The predicted molar refractivity (Wildman–Crippen MR) is 166 cm³/mol. The van der Waals surface area contributed by atoms with Gasteiger partial charge in [0.25, 0.3) is 0 Å². The van der Waals surface area contributed by atoms with Crippen LogP contribution in [0.15, 0.2) is 121 Å². The van der Waals surface area contributed by atoms with Crippen molar-refractivity contribution < 1.29 is 0 Å². The van der Waals surface area contributed by atoms with Gasteiger partial charge < -0.3 is 0 Å². The fourth-order valence-electron chi connectivity index (χ4n) is 4.81. The molecule has 1 nitrogen and oxygen atoms in total. The highest BCUT2D eigenvalue weighted by molar-refractivity contribution is 7.57. The van der Waals surface area contributed by atoms with E-state index in [0.29, 0.717) is 0 Å². The molecule has 0 aliphatic heterocycles. The lowest BCUT2D eigenvalue weighted by Crippen LogP contribution is -2.27. The van der Waals surface area contributed by atoms with E-state index in [0.717, 1.165) is 0 Å². The first kappa shape index (κ1) is 27.7. The standard InChI is InChI=1S/C34H41NP2/c1-2-3-24-35(29-36(25-31-16-8-4-9-17-31)26-32-18-10-5-11-19-32)30-37(27-33-20-12-6-13-21-33)28-34-22-14-7-15-23-34/h4-23H,2-3,24-30H2,1H3. The van der Waals surface area contributed by atoms with E-state index in [-0.39, 0.29) is 15.8 Å². The van der Waals surface area contributed by atoms with Crippen LogP contribution in [0.4, 0.5) is 0 Å². The molecule has 0 heterocycles. The number of unbranched alkanes of at least 4 members (excludes halogenated alkanes) is 1. The summed E-state index contributed by atoms with van der Waals surface area (Å²) >= 11 is 0. The third kappa shape index (κ3) is 10.2. The lowest BCUT2D eigenvalue weighted by Gasteiger charge is -2.32. The van der Waals surface area contributed by atoms with Gasteiger partial charge in [-0.1, -0.05) is 151 Å². The largest absolute Gasteiger partial charge is 0.295 e. The maximum absolute atomic E-state index is 2.85. The van der Waals surface area contributed by atoms with Crippen LogP contribution in [-0.2, 0) is 24.6 Å². The van der Waals surface area contributed by atoms with Crippen LogP contribution in [0.3, 0.4) is 0 Å². The fourth-order valence-corrected chi connectivity index (χ4v) is 10.1. The molecule has 0 aliphatic rings. The van der Waals surface area contributed by atoms with Crippen LogP contribution in [0, 0.1) is 0 Å². The normalized spacial score (nSPS) is 11.5. The monoisotopic (exact) mass is 525 g/mol.